The van der Waals surface area contributed by atoms with Gasteiger partial charge < -0.3 is 10.2 Å². The molecule has 1 heterocycles. The average Bonchev–Trinajstić information content (AvgIpc) is 2.46. The summed E-state index contributed by atoms with van der Waals surface area (Å²) in [6.07, 6.45) is -4.23. The first-order valence-electron chi connectivity index (χ1n) is 7.01. The van der Waals surface area contributed by atoms with Gasteiger partial charge in [0.1, 0.15) is 0 Å². The molecule has 22 heavy (non-hydrogen) atoms. The predicted octanol–water partition coefficient (Wildman–Crippen LogP) is 2.28. The Balaban J connectivity index is 1.89. The van der Waals surface area contributed by atoms with Crippen LogP contribution in [-0.4, -0.2) is 42.0 Å². The van der Waals surface area contributed by atoms with Gasteiger partial charge >= 0.3 is 12.1 Å². The van der Waals surface area contributed by atoms with Crippen LogP contribution in [0.25, 0.3) is 0 Å². The van der Waals surface area contributed by atoms with Gasteiger partial charge in [0, 0.05) is 24.7 Å². The molecule has 0 bridgehead atoms. The van der Waals surface area contributed by atoms with Crippen LogP contribution in [0.4, 0.5) is 13.2 Å². The van der Waals surface area contributed by atoms with E-state index in [1.165, 1.54) is 0 Å². The molecule has 0 saturated carbocycles. The zero-order chi connectivity index (χ0) is 16.3. The van der Waals surface area contributed by atoms with Crippen molar-refractivity contribution < 1.29 is 22.8 Å². The van der Waals surface area contributed by atoms with Gasteiger partial charge in [-0.1, -0.05) is 17.7 Å². The summed E-state index contributed by atoms with van der Waals surface area (Å²) < 4.78 is 36.6. The van der Waals surface area contributed by atoms with E-state index in [4.69, 9.17) is 0 Å². The fourth-order valence-corrected chi connectivity index (χ4v) is 2.45. The van der Waals surface area contributed by atoms with Crippen molar-refractivity contribution in [2.75, 3.05) is 13.1 Å². The number of carbonyl (C=O) groups excluding carboxylic acids is 2. The summed E-state index contributed by atoms with van der Waals surface area (Å²) in [7, 11) is 0. The molecular weight excluding hydrogens is 297 g/mol. The summed E-state index contributed by atoms with van der Waals surface area (Å²) in [6, 6.07) is 6.62. The molecule has 2 amide bonds. The normalized spacial score (nSPS) is 16.5. The van der Waals surface area contributed by atoms with Crippen molar-refractivity contribution in [1.29, 1.82) is 0 Å². The van der Waals surface area contributed by atoms with Crippen LogP contribution in [0.1, 0.15) is 28.8 Å². The van der Waals surface area contributed by atoms with Gasteiger partial charge in [-0.05, 0) is 31.9 Å². The van der Waals surface area contributed by atoms with Gasteiger partial charge in [0.2, 0.25) is 0 Å². The second kappa shape index (κ2) is 6.37. The molecule has 2 rings (SSSR count). The second-order valence-corrected chi connectivity index (χ2v) is 5.41. The minimum absolute atomic E-state index is 0.135. The number of hydrogen-bond donors (Lipinski definition) is 1. The fourth-order valence-electron chi connectivity index (χ4n) is 2.45. The molecule has 7 heteroatoms. The molecule has 1 aromatic rings. The van der Waals surface area contributed by atoms with Gasteiger partial charge in [-0.2, -0.15) is 13.2 Å². The highest BCUT2D eigenvalue weighted by molar-refractivity contribution is 5.94. The molecule has 1 aliphatic rings. The number of halogens is 3. The van der Waals surface area contributed by atoms with Gasteiger partial charge in [0.15, 0.2) is 0 Å². The number of piperidine rings is 1. The van der Waals surface area contributed by atoms with E-state index in [1.807, 2.05) is 18.3 Å². The quantitative estimate of drug-likeness (QED) is 0.910. The Morgan fingerprint density at radius 3 is 2.41 bits per heavy atom. The molecule has 0 radical (unpaired) electrons. The fraction of sp³-hybridized carbons (Fsp3) is 0.467. The van der Waals surface area contributed by atoms with E-state index in [-0.39, 0.29) is 5.91 Å². The third kappa shape index (κ3) is 3.99. The number of likely N-dealkylation sites (tertiary alicyclic amines) is 1. The van der Waals surface area contributed by atoms with Crippen LogP contribution in [0, 0.1) is 6.92 Å². The number of carbonyl (C=O) groups is 2. The van der Waals surface area contributed by atoms with Crippen molar-refractivity contribution in [2.45, 2.75) is 32.0 Å². The molecule has 0 aliphatic carbocycles. The average molecular weight is 314 g/mol. The number of benzene rings is 1. The Labute approximate surface area is 126 Å². The monoisotopic (exact) mass is 314 g/mol. The van der Waals surface area contributed by atoms with Crippen molar-refractivity contribution in [3.05, 3.63) is 35.4 Å². The van der Waals surface area contributed by atoms with Crippen LogP contribution in [0.5, 0.6) is 0 Å². The number of hydrogen-bond acceptors (Lipinski definition) is 2. The second-order valence-electron chi connectivity index (χ2n) is 5.41. The highest BCUT2D eigenvalue weighted by Crippen LogP contribution is 2.18. The van der Waals surface area contributed by atoms with Gasteiger partial charge in [-0.25, -0.2) is 0 Å². The lowest BCUT2D eigenvalue weighted by molar-refractivity contribution is -0.174. The van der Waals surface area contributed by atoms with E-state index < -0.39 is 18.1 Å². The molecule has 1 N–H and O–H groups in total. The third-order valence-corrected chi connectivity index (χ3v) is 3.64. The van der Waals surface area contributed by atoms with Crippen LogP contribution in [0.3, 0.4) is 0 Å². The maximum atomic E-state index is 12.3. The summed E-state index contributed by atoms with van der Waals surface area (Å²) in [5.74, 6) is -2.06. The van der Waals surface area contributed by atoms with Gasteiger partial charge in [-0.3, -0.25) is 9.59 Å². The molecule has 1 saturated heterocycles. The molecule has 0 atom stereocenters. The van der Waals surface area contributed by atoms with E-state index in [2.05, 4.69) is 0 Å². The molecule has 4 nitrogen and oxygen atoms in total. The molecule has 0 spiro atoms. The summed E-state index contributed by atoms with van der Waals surface area (Å²) >= 11 is 0. The standard InChI is InChI=1S/C15H17F3N2O2/c1-10-3-2-4-11(9-10)13(21)20-7-5-12(6-8-20)19-14(22)15(16,17)18/h2-4,9,12H,5-8H2,1H3,(H,19,22). The van der Waals surface area contributed by atoms with E-state index in [0.717, 1.165) is 5.56 Å². The Morgan fingerprint density at radius 1 is 1.23 bits per heavy atom. The number of rotatable bonds is 2. The zero-order valence-corrected chi connectivity index (χ0v) is 12.1. The van der Waals surface area contributed by atoms with Crippen molar-refractivity contribution in [1.82, 2.24) is 10.2 Å². The van der Waals surface area contributed by atoms with Crippen molar-refractivity contribution in [3.8, 4) is 0 Å². The minimum Gasteiger partial charge on any atom is -0.345 e. The van der Waals surface area contributed by atoms with E-state index in [0.29, 0.717) is 31.5 Å². The summed E-state index contributed by atoms with van der Waals surface area (Å²) in [4.78, 5) is 24.8. The van der Waals surface area contributed by atoms with E-state index in [1.54, 1.807) is 23.1 Å². The SMILES string of the molecule is Cc1cccc(C(=O)N2CCC(NC(=O)C(F)(F)F)CC2)c1. The Kier molecular flexibility index (Phi) is 4.73. The molecule has 0 aromatic heterocycles. The zero-order valence-electron chi connectivity index (χ0n) is 12.1. The first-order chi connectivity index (χ1) is 10.3. The van der Waals surface area contributed by atoms with Crippen LogP contribution in [0.15, 0.2) is 24.3 Å². The summed E-state index contributed by atoms with van der Waals surface area (Å²) in [5.41, 5.74) is 1.54. The van der Waals surface area contributed by atoms with Crippen LogP contribution in [-0.2, 0) is 4.79 Å². The highest BCUT2D eigenvalue weighted by atomic mass is 19.4. The molecule has 1 fully saturated rings. The van der Waals surface area contributed by atoms with Crippen molar-refractivity contribution >= 4 is 11.8 Å². The van der Waals surface area contributed by atoms with Crippen molar-refractivity contribution in [3.63, 3.8) is 0 Å². The Hall–Kier alpha value is -2.05. The van der Waals surface area contributed by atoms with Crippen molar-refractivity contribution in [2.24, 2.45) is 0 Å². The Bertz CT molecular complexity index is 564. The van der Waals surface area contributed by atoms with Gasteiger partial charge in [0.25, 0.3) is 5.91 Å². The number of aryl methyl sites for hydroxylation is 1. The van der Waals surface area contributed by atoms with Gasteiger partial charge in [0.05, 0.1) is 0 Å². The smallest absolute Gasteiger partial charge is 0.345 e. The number of alkyl halides is 3. The lowest BCUT2D eigenvalue weighted by Crippen LogP contribution is -2.49. The Morgan fingerprint density at radius 2 is 1.86 bits per heavy atom. The summed E-state index contributed by atoms with van der Waals surface area (Å²) in [6.45, 7) is 2.54. The first kappa shape index (κ1) is 16.3. The third-order valence-electron chi connectivity index (χ3n) is 3.64. The van der Waals surface area contributed by atoms with E-state index in [9.17, 15) is 22.8 Å². The molecular formula is C15H17F3N2O2. The largest absolute Gasteiger partial charge is 0.471 e. The highest BCUT2D eigenvalue weighted by Gasteiger charge is 2.40. The number of nitrogens with zero attached hydrogens (tertiary/aromatic N) is 1. The number of amides is 2. The van der Waals surface area contributed by atoms with Crippen LogP contribution in [0.2, 0.25) is 0 Å². The molecule has 120 valence electrons. The van der Waals surface area contributed by atoms with Crippen LogP contribution < -0.4 is 5.32 Å². The van der Waals surface area contributed by atoms with E-state index >= 15 is 0 Å². The first-order valence-corrected chi connectivity index (χ1v) is 7.01. The maximum Gasteiger partial charge on any atom is 0.471 e. The topological polar surface area (TPSA) is 49.4 Å². The predicted molar refractivity (Wildman–Crippen MR) is 74.3 cm³/mol. The lowest BCUT2D eigenvalue weighted by Gasteiger charge is -2.32. The van der Waals surface area contributed by atoms with Gasteiger partial charge in [-0.15, -0.1) is 0 Å². The minimum atomic E-state index is -4.87. The molecule has 1 aliphatic heterocycles. The lowest BCUT2D eigenvalue weighted by atomic mass is 10.0. The maximum absolute atomic E-state index is 12.3. The molecule has 1 aromatic carbocycles. The molecule has 0 unspecified atom stereocenters. The number of nitrogens with one attached hydrogen (secondary N) is 1. The summed E-state index contributed by atoms with van der Waals surface area (Å²) in [5, 5.41) is 1.97. The van der Waals surface area contributed by atoms with Crippen LogP contribution >= 0.6 is 0 Å².